The first-order valence-electron chi connectivity index (χ1n) is 5.29. The second-order valence-electron chi connectivity index (χ2n) is 3.99. The van der Waals surface area contributed by atoms with Crippen LogP contribution in [0.25, 0.3) is 0 Å². The van der Waals surface area contributed by atoms with Crippen molar-refractivity contribution < 1.29 is 9.66 Å². The van der Waals surface area contributed by atoms with Crippen molar-refractivity contribution in [2.24, 2.45) is 5.92 Å². The van der Waals surface area contributed by atoms with Crippen molar-refractivity contribution >= 4 is 17.3 Å². The van der Waals surface area contributed by atoms with Gasteiger partial charge in [-0.25, -0.2) is 4.98 Å². The molecule has 1 saturated carbocycles. The van der Waals surface area contributed by atoms with Gasteiger partial charge in [0.1, 0.15) is 12.0 Å². The molecule has 0 radical (unpaired) electrons. The molecule has 0 saturated heterocycles. The van der Waals surface area contributed by atoms with Crippen molar-refractivity contribution in [3.05, 3.63) is 22.1 Å². The molecule has 6 nitrogen and oxygen atoms in total. The summed E-state index contributed by atoms with van der Waals surface area (Å²) in [6, 6.07) is 0. The van der Waals surface area contributed by atoms with Gasteiger partial charge in [0.25, 0.3) is 5.88 Å². The van der Waals surface area contributed by atoms with Crippen molar-refractivity contribution in [3.8, 4) is 5.88 Å². The average molecular weight is 258 g/mol. The summed E-state index contributed by atoms with van der Waals surface area (Å²) in [6.07, 6.45) is 3.81. The van der Waals surface area contributed by atoms with Crippen LogP contribution in [0.15, 0.2) is 6.33 Å². The van der Waals surface area contributed by atoms with Gasteiger partial charge in [-0.05, 0) is 18.8 Å². The molecule has 1 aliphatic rings. The maximum absolute atomic E-state index is 11.0. The second kappa shape index (κ2) is 4.83. The Balaban J connectivity index is 2.27. The molecule has 0 N–H and O–H groups in total. The van der Waals surface area contributed by atoms with Crippen LogP contribution >= 0.6 is 11.6 Å². The summed E-state index contributed by atoms with van der Waals surface area (Å²) in [6.45, 7) is 0. The van der Waals surface area contributed by atoms with E-state index in [4.69, 9.17) is 16.3 Å². The van der Waals surface area contributed by atoms with Crippen LogP contribution in [0.3, 0.4) is 0 Å². The molecular formula is C10H12ClN3O3. The highest BCUT2D eigenvalue weighted by atomic mass is 35.5. The smallest absolute Gasteiger partial charge is 0.352 e. The lowest BCUT2D eigenvalue weighted by atomic mass is 10.1. The van der Waals surface area contributed by atoms with E-state index in [0.29, 0.717) is 18.0 Å². The number of hydrogen-bond donors (Lipinski definition) is 0. The number of rotatable bonds is 5. The summed E-state index contributed by atoms with van der Waals surface area (Å²) in [7, 11) is 1.35. The number of nitrogens with zero attached hydrogens (tertiary/aromatic N) is 3. The second-order valence-corrected chi connectivity index (χ2v) is 4.55. The molecule has 1 unspecified atom stereocenters. The molecular weight excluding hydrogens is 246 g/mol. The van der Waals surface area contributed by atoms with Crippen LogP contribution in [0.1, 0.15) is 18.5 Å². The Morgan fingerprint density at radius 1 is 1.65 bits per heavy atom. The standard InChI is InChI=1S/C10H12ClN3O3/c1-17-10-9(14(15)16)8(12-5-13-10)4-7(11)6-2-3-6/h5-7H,2-4H2,1H3. The molecule has 0 bridgehead atoms. The quantitative estimate of drug-likeness (QED) is 0.458. The molecule has 1 aromatic heterocycles. The van der Waals surface area contributed by atoms with Crippen molar-refractivity contribution in [1.82, 2.24) is 9.97 Å². The lowest BCUT2D eigenvalue weighted by molar-refractivity contribution is -0.387. The Morgan fingerprint density at radius 3 is 2.88 bits per heavy atom. The molecule has 7 heteroatoms. The van der Waals surface area contributed by atoms with Crippen molar-refractivity contribution in [2.75, 3.05) is 7.11 Å². The van der Waals surface area contributed by atoms with Gasteiger partial charge in [0.15, 0.2) is 0 Å². The van der Waals surface area contributed by atoms with Crippen LogP contribution in [0.4, 0.5) is 5.69 Å². The molecule has 0 spiro atoms. The maximum atomic E-state index is 11.0. The highest BCUT2D eigenvalue weighted by molar-refractivity contribution is 6.21. The third-order valence-corrected chi connectivity index (χ3v) is 3.27. The summed E-state index contributed by atoms with van der Waals surface area (Å²) in [5.41, 5.74) is 0.162. The van der Waals surface area contributed by atoms with Gasteiger partial charge in [-0.3, -0.25) is 10.1 Å². The van der Waals surface area contributed by atoms with E-state index in [0.717, 1.165) is 12.8 Å². The number of alkyl halides is 1. The average Bonchev–Trinajstić information content (AvgIpc) is 3.11. The third kappa shape index (κ3) is 2.63. The predicted molar refractivity (Wildman–Crippen MR) is 61.3 cm³/mol. The number of aromatic nitrogens is 2. The fourth-order valence-corrected chi connectivity index (χ4v) is 2.09. The first-order chi connectivity index (χ1) is 8.13. The maximum Gasteiger partial charge on any atom is 0.352 e. The summed E-state index contributed by atoms with van der Waals surface area (Å²) >= 11 is 6.16. The van der Waals surface area contributed by atoms with Gasteiger partial charge in [-0.2, -0.15) is 4.98 Å². The number of hydrogen-bond acceptors (Lipinski definition) is 5. The van der Waals surface area contributed by atoms with Gasteiger partial charge in [0, 0.05) is 11.8 Å². The van der Waals surface area contributed by atoms with Crippen LogP contribution in [-0.4, -0.2) is 27.4 Å². The molecule has 92 valence electrons. The van der Waals surface area contributed by atoms with E-state index in [2.05, 4.69) is 9.97 Å². The fourth-order valence-electron chi connectivity index (χ4n) is 1.69. The number of nitro groups is 1. The molecule has 1 fully saturated rings. The van der Waals surface area contributed by atoms with E-state index >= 15 is 0 Å². The van der Waals surface area contributed by atoms with E-state index in [1.807, 2.05) is 0 Å². The van der Waals surface area contributed by atoms with E-state index in [1.54, 1.807) is 0 Å². The van der Waals surface area contributed by atoms with Gasteiger partial charge in [-0.15, -0.1) is 11.6 Å². The van der Waals surface area contributed by atoms with Gasteiger partial charge in [0.05, 0.1) is 12.0 Å². The minimum Gasteiger partial charge on any atom is -0.476 e. The van der Waals surface area contributed by atoms with Crippen LogP contribution in [0, 0.1) is 16.0 Å². The zero-order valence-electron chi connectivity index (χ0n) is 9.30. The number of ether oxygens (including phenoxy) is 1. The SMILES string of the molecule is COc1ncnc(CC(Cl)C2CC2)c1[N+](=O)[O-]. The van der Waals surface area contributed by atoms with Crippen LogP contribution in [0.2, 0.25) is 0 Å². The zero-order valence-corrected chi connectivity index (χ0v) is 10.1. The Hall–Kier alpha value is -1.43. The molecule has 1 atom stereocenters. The molecule has 17 heavy (non-hydrogen) atoms. The number of methoxy groups -OCH3 is 1. The van der Waals surface area contributed by atoms with Crippen LogP contribution < -0.4 is 4.74 Å². The molecule has 2 rings (SSSR count). The minimum atomic E-state index is -0.523. The lowest BCUT2D eigenvalue weighted by Gasteiger charge is -2.08. The number of halogens is 1. The predicted octanol–water partition coefficient (Wildman–Crippen LogP) is 1.95. The van der Waals surface area contributed by atoms with Crippen molar-refractivity contribution in [1.29, 1.82) is 0 Å². The molecule has 0 amide bonds. The van der Waals surface area contributed by atoms with Crippen LogP contribution in [-0.2, 0) is 6.42 Å². The van der Waals surface area contributed by atoms with Gasteiger partial charge >= 0.3 is 5.69 Å². The molecule has 1 heterocycles. The largest absolute Gasteiger partial charge is 0.476 e. The van der Waals surface area contributed by atoms with E-state index < -0.39 is 4.92 Å². The van der Waals surface area contributed by atoms with E-state index in [1.165, 1.54) is 13.4 Å². The van der Waals surface area contributed by atoms with E-state index in [-0.39, 0.29) is 16.9 Å². The summed E-state index contributed by atoms with van der Waals surface area (Å²) in [5, 5.41) is 10.9. The van der Waals surface area contributed by atoms with Crippen molar-refractivity contribution in [3.63, 3.8) is 0 Å². The fraction of sp³-hybridized carbons (Fsp3) is 0.600. The van der Waals surface area contributed by atoms with Gasteiger partial charge in [0.2, 0.25) is 0 Å². The topological polar surface area (TPSA) is 78.2 Å². The molecule has 1 aromatic rings. The third-order valence-electron chi connectivity index (χ3n) is 2.76. The Kier molecular flexibility index (Phi) is 3.42. The molecule has 1 aliphatic carbocycles. The monoisotopic (exact) mass is 257 g/mol. The normalized spacial score (nSPS) is 16.6. The minimum absolute atomic E-state index is 0.0142. The molecule has 0 aromatic carbocycles. The Morgan fingerprint density at radius 2 is 2.35 bits per heavy atom. The lowest BCUT2D eigenvalue weighted by Crippen LogP contribution is -2.11. The first-order valence-corrected chi connectivity index (χ1v) is 5.73. The first kappa shape index (κ1) is 12.0. The zero-order chi connectivity index (χ0) is 12.4. The van der Waals surface area contributed by atoms with Crippen LogP contribution in [0.5, 0.6) is 5.88 Å². The van der Waals surface area contributed by atoms with Gasteiger partial charge < -0.3 is 4.74 Å². The highest BCUT2D eigenvalue weighted by Crippen LogP contribution is 2.38. The van der Waals surface area contributed by atoms with Crippen molar-refractivity contribution in [2.45, 2.75) is 24.6 Å². The summed E-state index contributed by atoms with van der Waals surface area (Å²) in [5.74, 6) is 0.442. The summed E-state index contributed by atoms with van der Waals surface area (Å²) in [4.78, 5) is 18.1. The Bertz CT molecular complexity index is 437. The summed E-state index contributed by atoms with van der Waals surface area (Å²) < 4.78 is 4.87. The van der Waals surface area contributed by atoms with E-state index in [9.17, 15) is 10.1 Å². The Labute approximate surface area is 103 Å². The van der Waals surface area contributed by atoms with Gasteiger partial charge in [-0.1, -0.05) is 0 Å². The molecule has 0 aliphatic heterocycles. The highest BCUT2D eigenvalue weighted by Gasteiger charge is 2.33.